The molecule has 26 heavy (non-hydrogen) atoms. The first-order valence-electron chi connectivity index (χ1n) is 8.97. The van der Waals surface area contributed by atoms with Gasteiger partial charge in [0.15, 0.2) is 5.65 Å². The third-order valence-corrected chi connectivity index (χ3v) is 5.68. The highest BCUT2D eigenvalue weighted by atomic mass is 16.7. The molecule has 0 N–H and O–H groups in total. The third kappa shape index (κ3) is 2.49. The highest BCUT2D eigenvalue weighted by molar-refractivity contribution is 6.62. The van der Waals surface area contributed by atoms with E-state index in [4.69, 9.17) is 14.3 Å². The average Bonchev–Trinajstić information content (AvgIpc) is 3.13. The number of nitrogens with zero attached hydrogens (tertiary/aromatic N) is 4. The first-order chi connectivity index (χ1) is 12.1. The average molecular weight is 352 g/mol. The standard InChI is InChI=1S/C19H25BN4O2/c1-12-11-23-16(21-17(22-23)24-13(2)8-9-14(24)3)10-15(12)20-25-18(4,5)19(6,7)26-20/h8-11H,1-7H3. The summed E-state index contributed by atoms with van der Waals surface area (Å²) >= 11 is 0. The Morgan fingerprint density at radius 2 is 1.54 bits per heavy atom. The van der Waals surface area contributed by atoms with Gasteiger partial charge in [-0.05, 0) is 77.7 Å². The minimum absolute atomic E-state index is 0.367. The second-order valence-electron chi connectivity index (χ2n) is 8.17. The Balaban J connectivity index is 1.78. The molecule has 1 fully saturated rings. The molecule has 0 unspecified atom stereocenters. The minimum Gasteiger partial charge on any atom is -0.399 e. The highest BCUT2D eigenvalue weighted by Crippen LogP contribution is 2.36. The van der Waals surface area contributed by atoms with Crippen molar-refractivity contribution < 1.29 is 9.31 Å². The topological polar surface area (TPSA) is 53.6 Å². The lowest BCUT2D eigenvalue weighted by molar-refractivity contribution is 0.00578. The second kappa shape index (κ2) is 5.44. The van der Waals surface area contributed by atoms with Gasteiger partial charge in [0.05, 0.1) is 11.2 Å². The summed E-state index contributed by atoms with van der Waals surface area (Å²) in [4.78, 5) is 4.73. The van der Waals surface area contributed by atoms with Crippen LogP contribution >= 0.6 is 0 Å². The van der Waals surface area contributed by atoms with E-state index in [1.807, 2.05) is 23.7 Å². The van der Waals surface area contributed by atoms with Crippen molar-refractivity contribution >= 4 is 18.2 Å². The fraction of sp³-hybridized carbons (Fsp3) is 0.474. The van der Waals surface area contributed by atoms with E-state index >= 15 is 0 Å². The van der Waals surface area contributed by atoms with Gasteiger partial charge in [0.25, 0.3) is 5.95 Å². The first kappa shape index (κ1) is 17.3. The van der Waals surface area contributed by atoms with Gasteiger partial charge in [-0.15, -0.1) is 5.10 Å². The van der Waals surface area contributed by atoms with Gasteiger partial charge in [-0.1, -0.05) is 0 Å². The Morgan fingerprint density at radius 1 is 0.962 bits per heavy atom. The molecule has 3 aromatic heterocycles. The smallest absolute Gasteiger partial charge is 0.399 e. The lowest BCUT2D eigenvalue weighted by Gasteiger charge is -2.32. The number of pyridine rings is 1. The van der Waals surface area contributed by atoms with E-state index in [0.717, 1.165) is 28.1 Å². The van der Waals surface area contributed by atoms with Crippen LogP contribution in [0.1, 0.15) is 44.6 Å². The van der Waals surface area contributed by atoms with Crippen LogP contribution in [0.25, 0.3) is 11.6 Å². The molecule has 0 atom stereocenters. The van der Waals surface area contributed by atoms with E-state index in [0.29, 0.717) is 5.95 Å². The van der Waals surface area contributed by atoms with Crippen LogP contribution in [0.2, 0.25) is 0 Å². The Hall–Kier alpha value is -2.12. The molecule has 0 spiro atoms. The van der Waals surface area contributed by atoms with Gasteiger partial charge in [0, 0.05) is 17.6 Å². The predicted molar refractivity (Wildman–Crippen MR) is 102 cm³/mol. The van der Waals surface area contributed by atoms with Crippen molar-refractivity contribution in [1.82, 2.24) is 19.2 Å². The zero-order valence-electron chi connectivity index (χ0n) is 16.5. The van der Waals surface area contributed by atoms with Crippen molar-refractivity contribution in [2.45, 2.75) is 59.7 Å². The maximum Gasteiger partial charge on any atom is 0.495 e. The van der Waals surface area contributed by atoms with E-state index < -0.39 is 7.12 Å². The van der Waals surface area contributed by atoms with Gasteiger partial charge in [0.1, 0.15) is 0 Å². The van der Waals surface area contributed by atoms with Crippen LogP contribution < -0.4 is 5.46 Å². The molecule has 136 valence electrons. The molecule has 1 saturated heterocycles. The van der Waals surface area contributed by atoms with Crippen molar-refractivity contribution in [2.75, 3.05) is 0 Å². The molecule has 1 aliphatic rings. The Kier molecular flexibility index (Phi) is 3.62. The monoisotopic (exact) mass is 352 g/mol. The molecule has 0 radical (unpaired) electrons. The van der Waals surface area contributed by atoms with Crippen molar-refractivity contribution in [2.24, 2.45) is 0 Å². The minimum atomic E-state index is -0.403. The van der Waals surface area contributed by atoms with Crippen molar-refractivity contribution in [1.29, 1.82) is 0 Å². The molecule has 6 nitrogen and oxygen atoms in total. The lowest BCUT2D eigenvalue weighted by Crippen LogP contribution is -2.41. The Labute approximate surface area is 154 Å². The number of fused-ring (bicyclic) bond motifs is 1. The van der Waals surface area contributed by atoms with Crippen LogP contribution in [0.4, 0.5) is 0 Å². The van der Waals surface area contributed by atoms with Crippen LogP contribution in [0.3, 0.4) is 0 Å². The molecule has 0 saturated carbocycles. The van der Waals surface area contributed by atoms with E-state index in [9.17, 15) is 0 Å². The summed E-state index contributed by atoms with van der Waals surface area (Å²) in [5, 5.41) is 4.65. The van der Waals surface area contributed by atoms with Crippen molar-refractivity contribution in [3.63, 3.8) is 0 Å². The second-order valence-corrected chi connectivity index (χ2v) is 8.17. The number of aryl methyl sites for hydroxylation is 3. The number of hydrogen-bond acceptors (Lipinski definition) is 4. The largest absolute Gasteiger partial charge is 0.495 e. The summed E-state index contributed by atoms with van der Waals surface area (Å²) < 4.78 is 16.3. The summed E-state index contributed by atoms with van der Waals surface area (Å²) in [5.41, 5.74) is 4.33. The SMILES string of the molecule is Cc1cn2nc(-n3c(C)ccc3C)nc2cc1B1OC(C)(C)C(C)(C)O1. The molecule has 4 rings (SSSR count). The van der Waals surface area contributed by atoms with Crippen LogP contribution in [0.5, 0.6) is 0 Å². The van der Waals surface area contributed by atoms with Gasteiger partial charge in [-0.3, -0.25) is 4.57 Å². The third-order valence-electron chi connectivity index (χ3n) is 5.68. The summed E-state index contributed by atoms with van der Waals surface area (Å²) in [6.45, 7) is 14.4. The predicted octanol–water partition coefficient (Wildman–Crippen LogP) is 2.74. The zero-order valence-corrected chi connectivity index (χ0v) is 16.5. The van der Waals surface area contributed by atoms with Gasteiger partial charge >= 0.3 is 7.12 Å². The summed E-state index contributed by atoms with van der Waals surface area (Å²) in [5.74, 6) is 0.676. The van der Waals surface area contributed by atoms with Crippen LogP contribution in [0.15, 0.2) is 24.4 Å². The van der Waals surface area contributed by atoms with Crippen LogP contribution in [0, 0.1) is 20.8 Å². The summed E-state index contributed by atoms with van der Waals surface area (Å²) in [7, 11) is -0.403. The van der Waals surface area contributed by atoms with E-state index in [1.165, 1.54) is 0 Å². The van der Waals surface area contributed by atoms with Crippen LogP contribution in [-0.4, -0.2) is 37.5 Å². The van der Waals surface area contributed by atoms with E-state index in [-0.39, 0.29) is 11.2 Å². The molecular weight excluding hydrogens is 327 g/mol. The first-order valence-corrected chi connectivity index (χ1v) is 8.97. The quantitative estimate of drug-likeness (QED) is 0.666. The van der Waals surface area contributed by atoms with Gasteiger partial charge in [-0.2, -0.15) is 4.98 Å². The number of hydrogen-bond donors (Lipinski definition) is 0. The maximum atomic E-state index is 6.21. The molecule has 3 aromatic rings. The Bertz CT molecular complexity index is 967. The molecule has 4 heterocycles. The van der Waals surface area contributed by atoms with E-state index in [2.05, 4.69) is 63.3 Å². The number of aromatic nitrogens is 4. The molecule has 0 amide bonds. The van der Waals surface area contributed by atoms with Crippen molar-refractivity contribution in [3.8, 4) is 5.95 Å². The number of rotatable bonds is 2. The van der Waals surface area contributed by atoms with Crippen LogP contribution in [-0.2, 0) is 9.31 Å². The molecule has 1 aliphatic heterocycles. The molecule has 0 aromatic carbocycles. The van der Waals surface area contributed by atoms with Crippen molar-refractivity contribution in [3.05, 3.63) is 41.3 Å². The maximum absolute atomic E-state index is 6.21. The van der Waals surface area contributed by atoms with Gasteiger partial charge < -0.3 is 9.31 Å². The fourth-order valence-electron chi connectivity index (χ4n) is 3.33. The highest BCUT2D eigenvalue weighted by Gasteiger charge is 2.52. The van der Waals surface area contributed by atoms with E-state index in [1.54, 1.807) is 0 Å². The summed E-state index contributed by atoms with van der Waals surface area (Å²) in [6, 6.07) is 6.16. The lowest BCUT2D eigenvalue weighted by atomic mass is 9.77. The summed E-state index contributed by atoms with van der Waals surface area (Å²) in [6.07, 6.45) is 1.99. The van der Waals surface area contributed by atoms with Gasteiger partial charge in [-0.25, -0.2) is 4.52 Å². The Morgan fingerprint density at radius 3 is 2.12 bits per heavy atom. The molecule has 0 bridgehead atoms. The molecular formula is C19H25BN4O2. The normalized spacial score (nSPS) is 18.8. The molecule has 0 aliphatic carbocycles. The van der Waals surface area contributed by atoms with Gasteiger partial charge in [0.2, 0.25) is 0 Å². The fourth-order valence-corrected chi connectivity index (χ4v) is 3.33. The zero-order chi connectivity index (χ0) is 18.9. The molecule has 7 heteroatoms.